The van der Waals surface area contributed by atoms with Gasteiger partial charge in [0.05, 0.1) is 12.4 Å². The summed E-state index contributed by atoms with van der Waals surface area (Å²) >= 11 is 0. The molecular formula is C14H22N4O2. The van der Waals surface area contributed by atoms with Crippen LogP contribution in [0.15, 0.2) is 12.4 Å². The fraction of sp³-hybridized carbons (Fsp3) is 0.643. The van der Waals surface area contributed by atoms with Crippen LogP contribution < -0.4 is 10.6 Å². The van der Waals surface area contributed by atoms with Gasteiger partial charge in [-0.2, -0.15) is 0 Å². The molecule has 0 bridgehead atoms. The molecule has 6 heteroatoms. The second kappa shape index (κ2) is 6.65. The second-order valence-electron chi connectivity index (χ2n) is 5.34. The highest BCUT2D eigenvalue weighted by Gasteiger charge is 2.29. The number of anilines is 1. The fourth-order valence-corrected chi connectivity index (χ4v) is 2.10. The van der Waals surface area contributed by atoms with Crippen LogP contribution in [0.5, 0.6) is 0 Å². The van der Waals surface area contributed by atoms with Crippen LogP contribution in [0, 0.1) is 0 Å². The van der Waals surface area contributed by atoms with Crippen molar-refractivity contribution in [2.24, 2.45) is 0 Å². The van der Waals surface area contributed by atoms with Crippen LogP contribution in [0.1, 0.15) is 43.6 Å². The lowest BCUT2D eigenvalue weighted by atomic mass is 9.92. The molecule has 1 amide bonds. The van der Waals surface area contributed by atoms with Crippen molar-refractivity contribution in [2.45, 2.75) is 38.6 Å². The Morgan fingerprint density at radius 1 is 1.40 bits per heavy atom. The van der Waals surface area contributed by atoms with Gasteiger partial charge < -0.3 is 15.4 Å². The molecule has 0 unspecified atom stereocenters. The Hall–Kier alpha value is -1.69. The van der Waals surface area contributed by atoms with Crippen LogP contribution in [0.3, 0.4) is 0 Å². The van der Waals surface area contributed by atoms with E-state index in [1.165, 1.54) is 6.20 Å². The van der Waals surface area contributed by atoms with E-state index in [-0.39, 0.29) is 11.4 Å². The van der Waals surface area contributed by atoms with E-state index in [4.69, 9.17) is 4.74 Å². The lowest BCUT2D eigenvalue weighted by molar-refractivity contribution is 0.0421. The lowest BCUT2D eigenvalue weighted by Crippen LogP contribution is -2.49. The van der Waals surface area contributed by atoms with Crippen molar-refractivity contribution >= 4 is 11.7 Å². The molecule has 1 saturated heterocycles. The molecule has 1 aromatic rings. The highest BCUT2D eigenvalue weighted by atomic mass is 16.5. The minimum Gasteiger partial charge on any atom is -0.381 e. The Kier molecular flexibility index (Phi) is 4.89. The molecule has 20 heavy (non-hydrogen) atoms. The third-order valence-electron chi connectivity index (χ3n) is 3.43. The summed E-state index contributed by atoms with van der Waals surface area (Å²) in [6.07, 6.45) is 5.76. The predicted molar refractivity (Wildman–Crippen MR) is 76.7 cm³/mol. The van der Waals surface area contributed by atoms with Crippen molar-refractivity contribution in [2.75, 3.05) is 25.1 Å². The maximum atomic E-state index is 12.3. The zero-order chi connectivity index (χ0) is 14.4. The first kappa shape index (κ1) is 14.7. The minimum atomic E-state index is -0.218. The Morgan fingerprint density at radius 2 is 2.15 bits per heavy atom. The highest BCUT2D eigenvalue weighted by molar-refractivity contribution is 5.92. The van der Waals surface area contributed by atoms with Crippen LogP contribution in [0.2, 0.25) is 0 Å². The van der Waals surface area contributed by atoms with Gasteiger partial charge in [0.2, 0.25) is 0 Å². The lowest BCUT2D eigenvalue weighted by Gasteiger charge is -2.34. The molecule has 1 aromatic heterocycles. The monoisotopic (exact) mass is 278 g/mol. The zero-order valence-electron chi connectivity index (χ0n) is 12.1. The van der Waals surface area contributed by atoms with E-state index in [9.17, 15) is 4.79 Å². The van der Waals surface area contributed by atoms with Crippen LogP contribution >= 0.6 is 0 Å². The molecular weight excluding hydrogens is 256 g/mol. The summed E-state index contributed by atoms with van der Waals surface area (Å²) in [6, 6.07) is 0. The molecule has 1 aliphatic rings. The molecule has 0 radical (unpaired) electrons. The summed E-state index contributed by atoms with van der Waals surface area (Å²) in [5.41, 5.74) is 0.128. The number of hydrogen-bond acceptors (Lipinski definition) is 5. The van der Waals surface area contributed by atoms with Gasteiger partial charge in [-0.15, -0.1) is 0 Å². The number of nitrogens with one attached hydrogen (secondary N) is 2. The Balaban J connectivity index is 2.01. The Morgan fingerprint density at radius 3 is 2.85 bits per heavy atom. The summed E-state index contributed by atoms with van der Waals surface area (Å²) in [5, 5.41) is 6.17. The van der Waals surface area contributed by atoms with E-state index < -0.39 is 0 Å². The minimum absolute atomic E-state index is 0.179. The molecule has 1 aliphatic heterocycles. The summed E-state index contributed by atoms with van der Waals surface area (Å²) in [4.78, 5) is 20.6. The molecule has 0 saturated carbocycles. The molecule has 2 N–H and O–H groups in total. The Bertz CT molecular complexity index is 458. The van der Waals surface area contributed by atoms with E-state index in [0.29, 0.717) is 24.7 Å². The largest absolute Gasteiger partial charge is 0.381 e. The standard InChI is InChI=1S/C14H22N4O2/c1-3-6-16-12-10-15-9-11(17-12)13(19)18-14(2)4-7-20-8-5-14/h9-10H,3-8H2,1-2H3,(H,16,17)(H,18,19). The van der Waals surface area contributed by atoms with E-state index in [2.05, 4.69) is 27.5 Å². The predicted octanol–water partition coefficient (Wildman–Crippen LogP) is 1.60. The van der Waals surface area contributed by atoms with Crippen molar-refractivity contribution in [1.82, 2.24) is 15.3 Å². The first-order valence-corrected chi connectivity index (χ1v) is 7.09. The summed E-state index contributed by atoms with van der Waals surface area (Å²) < 4.78 is 5.33. The first-order chi connectivity index (χ1) is 9.63. The van der Waals surface area contributed by atoms with Crippen LogP contribution in [-0.4, -0.2) is 41.2 Å². The number of amides is 1. The van der Waals surface area contributed by atoms with Crippen molar-refractivity contribution in [3.8, 4) is 0 Å². The topological polar surface area (TPSA) is 76.1 Å². The van der Waals surface area contributed by atoms with Gasteiger partial charge in [-0.05, 0) is 26.2 Å². The number of hydrogen-bond donors (Lipinski definition) is 2. The molecule has 6 nitrogen and oxygen atoms in total. The van der Waals surface area contributed by atoms with Gasteiger partial charge in [-0.1, -0.05) is 6.92 Å². The number of carbonyl (C=O) groups excluding carboxylic acids is 1. The van der Waals surface area contributed by atoms with E-state index >= 15 is 0 Å². The van der Waals surface area contributed by atoms with Gasteiger partial charge in [0, 0.05) is 25.3 Å². The molecule has 110 valence electrons. The maximum Gasteiger partial charge on any atom is 0.271 e. The van der Waals surface area contributed by atoms with Crippen LogP contribution in [0.25, 0.3) is 0 Å². The average molecular weight is 278 g/mol. The van der Waals surface area contributed by atoms with E-state index in [0.717, 1.165) is 25.8 Å². The van der Waals surface area contributed by atoms with Gasteiger partial charge in [-0.25, -0.2) is 4.98 Å². The first-order valence-electron chi connectivity index (χ1n) is 7.09. The summed E-state index contributed by atoms with van der Waals surface area (Å²) in [6.45, 7) is 6.29. The molecule has 2 heterocycles. The quantitative estimate of drug-likeness (QED) is 0.855. The van der Waals surface area contributed by atoms with Gasteiger partial charge >= 0.3 is 0 Å². The zero-order valence-corrected chi connectivity index (χ0v) is 12.1. The normalized spacial score (nSPS) is 17.5. The van der Waals surface area contributed by atoms with E-state index in [1.807, 2.05) is 6.92 Å². The molecule has 0 aliphatic carbocycles. The van der Waals surface area contributed by atoms with Gasteiger partial charge in [0.25, 0.3) is 5.91 Å². The van der Waals surface area contributed by atoms with Crippen molar-refractivity contribution in [3.63, 3.8) is 0 Å². The van der Waals surface area contributed by atoms with Crippen molar-refractivity contribution in [1.29, 1.82) is 0 Å². The number of aromatic nitrogens is 2. The number of carbonyl (C=O) groups is 1. The molecule has 0 aromatic carbocycles. The number of nitrogens with zero attached hydrogens (tertiary/aromatic N) is 2. The fourth-order valence-electron chi connectivity index (χ4n) is 2.10. The van der Waals surface area contributed by atoms with Crippen molar-refractivity contribution in [3.05, 3.63) is 18.1 Å². The maximum absolute atomic E-state index is 12.3. The number of rotatable bonds is 5. The van der Waals surface area contributed by atoms with Crippen molar-refractivity contribution < 1.29 is 9.53 Å². The molecule has 2 rings (SSSR count). The van der Waals surface area contributed by atoms with Gasteiger partial charge in [0.1, 0.15) is 11.5 Å². The van der Waals surface area contributed by atoms with Crippen LogP contribution in [-0.2, 0) is 4.74 Å². The van der Waals surface area contributed by atoms with Gasteiger partial charge in [-0.3, -0.25) is 9.78 Å². The SMILES string of the molecule is CCCNc1cncc(C(=O)NC2(C)CCOCC2)n1. The molecule has 0 spiro atoms. The molecule has 0 atom stereocenters. The third kappa shape index (κ3) is 3.90. The highest BCUT2D eigenvalue weighted by Crippen LogP contribution is 2.20. The average Bonchev–Trinajstić information content (AvgIpc) is 2.45. The summed E-state index contributed by atoms with van der Waals surface area (Å²) in [7, 11) is 0. The number of ether oxygens (including phenoxy) is 1. The summed E-state index contributed by atoms with van der Waals surface area (Å²) in [5.74, 6) is 0.457. The smallest absolute Gasteiger partial charge is 0.271 e. The van der Waals surface area contributed by atoms with Gasteiger partial charge in [0.15, 0.2) is 0 Å². The van der Waals surface area contributed by atoms with E-state index in [1.54, 1.807) is 6.20 Å². The van der Waals surface area contributed by atoms with Crippen LogP contribution in [0.4, 0.5) is 5.82 Å². The third-order valence-corrected chi connectivity index (χ3v) is 3.43. The second-order valence-corrected chi connectivity index (χ2v) is 5.34. The molecule has 1 fully saturated rings. The Labute approximate surface area is 119 Å².